The molecule has 2 aromatic carbocycles. The normalized spacial score (nSPS) is 17.8. The Hall–Kier alpha value is -6.65. The highest BCUT2D eigenvalue weighted by Crippen LogP contribution is 2.36. The molecule has 60 heavy (non-hydrogen) atoms. The number of carbonyl (C=O) groups is 4. The van der Waals surface area contributed by atoms with Crippen molar-refractivity contribution in [2.45, 2.75) is 77.5 Å². The number of H-pyrrole nitrogens is 2. The molecule has 2 saturated heterocycles. The number of amides is 4. The first-order chi connectivity index (χ1) is 28.9. The third-order valence-electron chi connectivity index (χ3n) is 11.5. The van der Waals surface area contributed by atoms with Gasteiger partial charge in [0.2, 0.25) is 11.8 Å². The lowest BCUT2D eigenvalue weighted by Crippen LogP contribution is -2.51. The molecule has 0 aliphatic carbocycles. The van der Waals surface area contributed by atoms with Crippen molar-refractivity contribution in [3.05, 3.63) is 66.4 Å². The van der Waals surface area contributed by atoms with Gasteiger partial charge in [-0.25, -0.2) is 29.5 Å². The van der Waals surface area contributed by atoms with Gasteiger partial charge in [-0.1, -0.05) is 52.0 Å². The summed E-state index contributed by atoms with van der Waals surface area (Å²) in [7, 11) is 2.57. The highest BCUT2D eigenvalue weighted by Gasteiger charge is 2.39. The Morgan fingerprint density at radius 1 is 0.683 bits per heavy atom. The van der Waals surface area contributed by atoms with Crippen molar-refractivity contribution in [3.63, 3.8) is 0 Å². The minimum atomic E-state index is -0.727. The molecule has 2 fully saturated rings. The Morgan fingerprint density at radius 2 is 1.22 bits per heavy atom. The number of alkyl carbamates (subject to hydrolysis) is 2. The fourth-order valence-corrected chi connectivity index (χ4v) is 8.33. The number of benzene rings is 2. The third-order valence-corrected chi connectivity index (χ3v) is 11.5. The van der Waals surface area contributed by atoms with Crippen molar-refractivity contribution in [2.24, 2.45) is 11.8 Å². The number of aromatic nitrogens is 7. The second-order valence-corrected chi connectivity index (χ2v) is 16.1. The van der Waals surface area contributed by atoms with Crippen molar-refractivity contribution >= 4 is 57.2 Å². The number of fused-ring (bicyclic) bond motifs is 3. The summed E-state index contributed by atoms with van der Waals surface area (Å²) < 4.78 is 9.54. The third kappa shape index (κ3) is 7.78. The molecule has 0 bridgehead atoms. The van der Waals surface area contributed by atoms with E-state index < -0.39 is 24.3 Å². The van der Waals surface area contributed by atoms with Gasteiger partial charge in [-0.3, -0.25) is 14.6 Å². The van der Waals surface area contributed by atoms with Gasteiger partial charge in [-0.15, -0.1) is 0 Å². The second kappa shape index (κ2) is 16.5. The summed E-state index contributed by atoms with van der Waals surface area (Å²) in [6, 6.07) is 12.3. The van der Waals surface area contributed by atoms with E-state index in [1.54, 1.807) is 17.3 Å². The number of aromatic amines is 2. The molecule has 0 saturated carbocycles. The van der Waals surface area contributed by atoms with E-state index in [1.807, 2.05) is 62.9 Å². The average Bonchev–Trinajstić information content (AvgIpc) is 4.08. The van der Waals surface area contributed by atoms with Gasteiger partial charge in [-0.05, 0) is 66.5 Å². The molecular weight excluding hydrogens is 767 g/mol. The van der Waals surface area contributed by atoms with Crippen LogP contribution in [-0.2, 0) is 19.1 Å². The van der Waals surface area contributed by atoms with Crippen molar-refractivity contribution in [1.29, 1.82) is 0 Å². The van der Waals surface area contributed by atoms with Gasteiger partial charge in [0, 0.05) is 29.9 Å². The predicted molar refractivity (Wildman–Crippen MR) is 223 cm³/mol. The molecule has 8 rings (SSSR count). The van der Waals surface area contributed by atoms with E-state index in [2.05, 4.69) is 37.7 Å². The molecule has 6 aromatic rings. The number of likely N-dealkylation sites (tertiary alicyclic amines) is 2. The van der Waals surface area contributed by atoms with Crippen LogP contribution >= 0.6 is 0 Å². The number of methoxy groups -OCH3 is 2. The van der Waals surface area contributed by atoms with Crippen LogP contribution in [0.3, 0.4) is 0 Å². The van der Waals surface area contributed by atoms with Crippen molar-refractivity contribution in [3.8, 4) is 22.5 Å². The van der Waals surface area contributed by atoms with E-state index in [1.165, 1.54) is 14.2 Å². The van der Waals surface area contributed by atoms with Crippen LogP contribution in [-0.4, -0.2) is 108 Å². The smallest absolute Gasteiger partial charge is 0.407 e. The second-order valence-electron chi connectivity index (χ2n) is 16.1. The van der Waals surface area contributed by atoms with Crippen LogP contribution in [0.1, 0.15) is 77.0 Å². The number of imidazole rings is 1. The summed E-state index contributed by atoms with van der Waals surface area (Å²) in [4.78, 5) is 85.5. The van der Waals surface area contributed by atoms with Gasteiger partial charge in [0.1, 0.15) is 23.4 Å². The fourth-order valence-electron chi connectivity index (χ4n) is 8.33. The summed E-state index contributed by atoms with van der Waals surface area (Å²) >= 11 is 0. The van der Waals surface area contributed by atoms with Crippen LogP contribution in [0, 0.1) is 11.8 Å². The number of nitrogens with one attached hydrogen (secondary N) is 4. The van der Waals surface area contributed by atoms with Gasteiger partial charge >= 0.3 is 12.2 Å². The number of hydrogen-bond acceptors (Lipinski definition) is 11. The zero-order valence-corrected chi connectivity index (χ0v) is 34.5. The number of hydrogen-bond donors (Lipinski definition) is 4. The van der Waals surface area contributed by atoms with E-state index in [9.17, 15) is 19.2 Å². The first-order valence-corrected chi connectivity index (χ1v) is 20.3. The molecule has 2 aliphatic heterocycles. The maximum absolute atomic E-state index is 13.7. The number of ether oxygens (including phenoxy) is 2. The van der Waals surface area contributed by atoms with E-state index in [0.29, 0.717) is 52.8 Å². The van der Waals surface area contributed by atoms with E-state index >= 15 is 0 Å². The summed E-state index contributed by atoms with van der Waals surface area (Å²) in [5.74, 6) is 0.0279. The van der Waals surface area contributed by atoms with E-state index in [0.717, 1.165) is 53.3 Å². The molecule has 4 aromatic heterocycles. The summed E-state index contributed by atoms with van der Waals surface area (Å²) in [5, 5.41) is 7.40. The van der Waals surface area contributed by atoms with Crippen LogP contribution < -0.4 is 10.6 Å². The topological polar surface area (TPSA) is 213 Å². The minimum Gasteiger partial charge on any atom is -0.453 e. The van der Waals surface area contributed by atoms with E-state index in [-0.39, 0.29) is 35.7 Å². The molecule has 0 spiro atoms. The SMILES string of the molecule is COC(=O)N[C@H](C(=O)N1CCC[C@@H]1c1nc2ncc(-c3ccc4cc(-c5cnc6cc([C@@H]7CCCN7C(=O)[C@@H](NC(=O)OC)C(C)C)[nH]c6n5)ccc4c3)nc2[nH]1)C(C)C. The van der Waals surface area contributed by atoms with Crippen molar-refractivity contribution < 1.29 is 28.7 Å². The zero-order valence-electron chi connectivity index (χ0n) is 34.5. The van der Waals surface area contributed by atoms with Crippen molar-refractivity contribution in [2.75, 3.05) is 27.3 Å². The highest BCUT2D eigenvalue weighted by molar-refractivity contribution is 5.91. The van der Waals surface area contributed by atoms with Gasteiger partial charge in [0.15, 0.2) is 16.9 Å². The maximum Gasteiger partial charge on any atom is 0.407 e. The molecular formula is C43H49N11O6. The lowest BCUT2D eigenvalue weighted by molar-refractivity contribution is -0.136. The Balaban J connectivity index is 0.993. The molecule has 4 amide bonds. The molecule has 2 aliphatic rings. The standard InChI is InChI=1S/C43H49N11O6/c1-22(2)34(49-42(57)59-5)40(55)53-15-7-9-32(53)28-19-29-36(46-28)47-30(20-44-29)26-13-11-25-18-27(14-12-24(25)17-26)31-21-45-38-39(48-31)52-37(51-38)33-10-8-16-54(33)41(56)35(23(3)4)50-43(58)60-6/h11-14,17-23,32-35H,7-10,15-16H2,1-6H3,(H,46,47)(H,49,57)(H,50,58)(H,45,48,51,52)/t32-,33+,34-,35-/m0/s1. The molecule has 4 N–H and O–H groups in total. The summed E-state index contributed by atoms with van der Waals surface area (Å²) in [5.41, 5.74) is 6.33. The molecule has 6 heterocycles. The van der Waals surface area contributed by atoms with Gasteiger partial charge < -0.3 is 39.9 Å². The predicted octanol–water partition coefficient (Wildman–Crippen LogP) is 6.20. The number of nitrogens with zero attached hydrogens (tertiary/aromatic N) is 7. The first-order valence-electron chi connectivity index (χ1n) is 20.3. The minimum absolute atomic E-state index is 0.118. The molecule has 17 heteroatoms. The lowest BCUT2D eigenvalue weighted by atomic mass is 10.0. The highest BCUT2D eigenvalue weighted by atomic mass is 16.5. The Labute approximate surface area is 346 Å². The first kappa shape index (κ1) is 40.1. The van der Waals surface area contributed by atoms with Gasteiger partial charge in [0.25, 0.3) is 0 Å². The quantitative estimate of drug-likeness (QED) is 0.122. The van der Waals surface area contributed by atoms with Crippen LogP contribution in [0.25, 0.3) is 55.7 Å². The zero-order chi connectivity index (χ0) is 42.2. The molecule has 17 nitrogen and oxygen atoms in total. The van der Waals surface area contributed by atoms with Crippen LogP contribution in [0.15, 0.2) is 54.9 Å². The van der Waals surface area contributed by atoms with Gasteiger partial charge in [-0.2, -0.15) is 0 Å². The fraction of sp³-hybridized carbons (Fsp3) is 0.419. The molecule has 4 atom stereocenters. The Bertz CT molecular complexity index is 2430. The Morgan fingerprint density at radius 3 is 1.78 bits per heavy atom. The van der Waals surface area contributed by atoms with Crippen LogP contribution in [0.4, 0.5) is 9.59 Å². The average molecular weight is 816 g/mol. The monoisotopic (exact) mass is 815 g/mol. The van der Waals surface area contributed by atoms with Gasteiger partial charge in [0.05, 0.1) is 50.1 Å². The number of rotatable bonds is 10. The largest absolute Gasteiger partial charge is 0.453 e. The summed E-state index contributed by atoms with van der Waals surface area (Å²) in [6.07, 6.45) is 5.33. The van der Waals surface area contributed by atoms with Crippen LogP contribution in [0.2, 0.25) is 0 Å². The number of carbonyl (C=O) groups excluding carboxylic acids is 4. The maximum atomic E-state index is 13.7. The Kier molecular flexibility index (Phi) is 11.1. The molecule has 0 unspecified atom stereocenters. The molecule has 0 radical (unpaired) electrons. The van der Waals surface area contributed by atoms with Crippen molar-refractivity contribution in [1.82, 2.24) is 55.3 Å². The van der Waals surface area contributed by atoms with E-state index in [4.69, 9.17) is 29.4 Å². The van der Waals surface area contributed by atoms with Crippen LogP contribution in [0.5, 0.6) is 0 Å². The lowest BCUT2D eigenvalue weighted by Gasteiger charge is -2.30. The molecule has 312 valence electrons. The summed E-state index contributed by atoms with van der Waals surface area (Å²) in [6.45, 7) is 8.70.